The molecule has 0 spiro atoms. The van der Waals surface area contributed by atoms with E-state index in [0.29, 0.717) is 22.2 Å². The molecule has 1 heterocycles. The first-order chi connectivity index (χ1) is 9.88. The second kappa shape index (κ2) is 6.41. The lowest BCUT2D eigenvalue weighted by Gasteiger charge is -2.12. The molecular weight excluding hydrogens is 306 g/mol. The van der Waals surface area contributed by atoms with Crippen molar-refractivity contribution in [2.45, 2.75) is 20.3 Å². The molecule has 2 rings (SSSR count). The van der Waals surface area contributed by atoms with Crippen LogP contribution in [0.2, 0.25) is 0 Å². The van der Waals surface area contributed by atoms with E-state index in [0.717, 1.165) is 11.1 Å². The zero-order chi connectivity index (χ0) is 15.6. The highest BCUT2D eigenvalue weighted by atomic mass is 32.2. The monoisotopic (exact) mass is 321 g/mol. The quantitative estimate of drug-likeness (QED) is 0.682. The highest BCUT2D eigenvalue weighted by Gasteiger charge is 2.31. The van der Waals surface area contributed by atoms with Gasteiger partial charge < -0.3 is 5.11 Å². The van der Waals surface area contributed by atoms with Crippen LogP contribution in [-0.2, 0) is 9.59 Å². The van der Waals surface area contributed by atoms with Gasteiger partial charge in [-0.05, 0) is 43.2 Å². The largest absolute Gasteiger partial charge is 0.508 e. The standard InChI is InChI=1S/C15H15NO3S2/c1-9-7-11(3-4-12(9)18)8-13-14(19)16(15(20)21-13)6-5-10(2)17/h3-4,7-8,18H,5-6H2,1-2H3/b13-8+. The van der Waals surface area contributed by atoms with Crippen molar-refractivity contribution >= 4 is 46.1 Å². The van der Waals surface area contributed by atoms with Crippen LogP contribution in [0.5, 0.6) is 5.75 Å². The fraction of sp³-hybridized carbons (Fsp3) is 0.267. The summed E-state index contributed by atoms with van der Waals surface area (Å²) in [4.78, 5) is 25.3. The van der Waals surface area contributed by atoms with Crippen molar-refractivity contribution in [3.05, 3.63) is 34.2 Å². The maximum absolute atomic E-state index is 12.3. The Bertz CT molecular complexity index is 652. The van der Waals surface area contributed by atoms with Crippen LogP contribution in [0.4, 0.5) is 0 Å². The van der Waals surface area contributed by atoms with Crippen molar-refractivity contribution in [2.24, 2.45) is 0 Å². The van der Waals surface area contributed by atoms with Crippen molar-refractivity contribution in [3.63, 3.8) is 0 Å². The van der Waals surface area contributed by atoms with Gasteiger partial charge in [0.1, 0.15) is 15.9 Å². The minimum absolute atomic E-state index is 0.0298. The van der Waals surface area contributed by atoms with Gasteiger partial charge >= 0.3 is 0 Å². The first kappa shape index (κ1) is 15.7. The molecule has 110 valence electrons. The number of thioether (sulfide) groups is 1. The summed E-state index contributed by atoms with van der Waals surface area (Å²) in [7, 11) is 0. The molecule has 1 aromatic rings. The minimum atomic E-state index is -0.169. The van der Waals surface area contributed by atoms with Crippen molar-refractivity contribution in [1.29, 1.82) is 0 Å². The SMILES string of the molecule is CC(=O)CCN1C(=O)/C(=C\c2ccc(O)c(C)c2)SC1=S. The van der Waals surface area contributed by atoms with E-state index in [1.165, 1.54) is 23.6 Å². The molecule has 1 saturated heterocycles. The number of amides is 1. The summed E-state index contributed by atoms with van der Waals surface area (Å²) >= 11 is 6.42. The van der Waals surface area contributed by atoms with E-state index in [-0.39, 0.29) is 17.4 Å². The maximum atomic E-state index is 12.3. The Morgan fingerprint density at radius 1 is 1.48 bits per heavy atom. The highest BCUT2D eigenvalue weighted by Crippen LogP contribution is 2.33. The number of aryl methyl sites for hydroxylation is 1. The number of phenols is 1. The summed E-state index contributed by atoms with van der Waals surface area (Å²) in [5, 5.41) is 9.51. The Labute approximate surface area is 132 Å². The highest BCUT2D eigenvalue weighted by molar-refractivity contribution is 8.26. The third kappa shape index (κ3) is 3.71. The predicted octanol–water partition coefficient (Wildman–Crippen LogP) is 2.88. The maximum Gasteiger partial charge on any atom is 0.266 e. The summed E-state index contributed by atoms with van der Waals surface area (Å²) in [6.07, 6.45) is 2.05. The lowest BCUT2D eigenvalue weighted by atomic mass is 10.1. The number of nitrogens with zero attached hydrogens (tertiary/aromatic N) is 1. The molecule has 0 aromatic heterocycles. The predicted molar refractivity (Wildman–Crippen MR) is 88.0 cm³/mol. The number of benzene rings is 1. The summed E-state index contributed by atoms with van der Waals surface area (Å²) in [5.74, 6) is 0.0836. The molecule has 1 aliphatic heterocycles. The molecule has 6 heteroatoms. The zero-order valence-corrected chi connectivity index (χ0v) is 13.4. The third-order valence-electron chi connectivity index (χ3n) is 3.08. The van der Waals surface area contributed by atoms with Gasteiger partial charge in [0, 0.05) is 13.0 Å². The number of hydrogen-bond acceptors (Lipinski definition) is 5. The van der Waals surface area contributed by atoms with Gasteiger partial charge in [-0.2, -0.15) is 0 Å². The van der Waals surface area contributed by atoms with Crippen LogP contribution >= 0.6 is 24.0 Å². The topological polar surface area (TPSA) is 57.6 Å². The van der Waals surface area contributed by atoms with Gasteiger partial charge in [0.25, 0.3) is 5.91 Å². The van der Waals surface area contributed by atoms with Crippen LogP contribution in [0.15, 0.2) is 23.1 Å². The van der Waals surface area contributed by atoms with Crippen LogP contribution in [0, 0.1) is 6.92 Å². The van der Waals surface area contributed by atoms with Crippen LogP contribution < -0.4 is 0 Å². The van der Waals surface area contributed by atoms with Crippen LogP contribution in [-0.4, -0.2) is 32.6 Å². The number of rotatable bonds is 4. The number of Topliss-reactive ketones (excluding diaryl/α,β-unsaturated/α-hetero) is 1. The second-order valence-corrected chi connectivity index (χ2v) is 6.51. The van der Waals surface area contributed by atoms with Crippen LogP contribution in [0.3, 0.4) is 0 Å². The molecule has 0 radical (unpaired) electrons. The Morgan fingerprint density at radius 3 is 2.81 bits per heavy atom. The smallest absolute Gasteiger partial charge is 0.266 e. The van der Waals surface area contributed by atoms with Gasteiger partial charge in [-0.15, -0.1) is 0 Å². The number of hydrogen-bond donors (Lipinski definition) is 1. The third-order valence-corrected chi connectivity index (χ3v) is 4.46. The van der Waals surface area contributed by atoms with E-state index in [1.54, 1.807) is 31.2 Å². The van der Waals surface area contributed by atoms with Gasteiger partial charge in [0.15, 0.2) is 0 Å². The van der Waals surface area contributed by atoms with Crippen LogP contribution in [0.25, 0.3) is 6.08 Å². The molecular formula is C15H15NO3S2. The Kier molecular flexibility index (Phi) is 4.80. The average Bonchev–Trinajstić information content (AvgIpc) is 2.67. The molecule has 1 aromatic carbocycles. The molecule has 0 aliphatic carbocycles. The molecule has 21 heavy (non-hydrogen) atoms. The number of aromatic hydroxyl groups is 1. The van der Waals surface area contributed by atoms with E-state index in [1.807, 2.05) is 0 Å². The van der Waals surface area contributed by atoms with Gasteiger partial charge in [-0.25, -0.2) is 0 Å². The fourth-order valence-corrected chi connectivity index (χ4v) is 3.19. The minimum Gasteiger partial charge on any atom is -0.508 e. The molecule has 0 atom stereocenters. The van der Waals surface area contributed by atoms with E-state index in [2.05, 4.69) is 0 Å². The lowest BCUT2D eigenvalue weighted by molar-refractivity contribution is -0.122. The van der Waals surface area contributed by atoms with Crippen molar-refractivity contribution in [3.8, 4) is 5.75 Å². The number of carbonyl (C=O) groups excluding carboxylic acids is 2. The summed E-state index contributed by atoms with van der Waals surface area (Å²) in [6.45, 7) is 3.61. The van der Waals surface area contributed by atoms with Gasteiger partial charge in [-0.1, -0.05) is 30.0 Å². The number of phenolic OH excluding ortho intramolecular Hbond substituents is 1. The van der Waals surface area contributed by atoms with E-state index < -0.39 is 0 Å². The summed E-state index contributed by atoms with van der Waals surface area (Å²) in [6, 6.07) is 5.14. The Hall–Kier alpha value is -1.66. The average molecular weight is 321 g/mol. The van der Waals surface area contributed by atoms with Crippen molar-refractivity contribution in [2.75, 3.05) is 6.54 Å². The van der Waals surface area contributed by atoms with Gasteiger partial charge in [0.2, 0.25) is 0 Å². The molecule has 0 saturated carbocycles. The Morgan fingerprint density at radius 2 is 2.19 bits per heavy atom. The molecule has 1 aliphatic rings. The number of thiocarbonyl (C=S) groups is 1. The molecule has 1 fully saturated rings. The second-order valence-electron chi connectivity index (χ2n) is 4.83. The molecule has 1 N–H and O–H groups in total. The first-order valence-electron chi connectivity index (χ1n) is 6.43. The lowest BCUT2D eigenvalue weighted by Crippen LogP contribution is -2.30. The van der Waals surface area contributed by atoms with Crippen LogP contribution in [0.1, 0.15) is 24.5 Å². The molecule has 0 unspecified atom stereocenters. The molecule has 0 bridgehead atoms. The van der Waals surface area contributed by atoms with Crippen molar-refractivity contribution < 1.29 is 14.7 Å². The van der Waals surface area contributed by atoms with E-state index >= 15 is 0 Å². The first-order valence-corrected chi connectivity index (χ1v) is 7.65. The molecule has 4 nitrogen and oxygen atoms in total. The zero-order valence-electron chi connectivity index (χ0n) is 11.8. The van der Waals surface area contributed by atoms with E-state index in [4.69, 9.17) is 12.2 Å². The summed E-state index contributed by atoms with van der Waals surface area (Å²) < 4.78 is 0.475. The van der Waals surface area contributed by atoms with Gasteiger partial charge in [-0.3, -0.25) is 14.5 Å². The fourth-order valence-electron chi connectivity index (χ4n) is 1.88. The normalized spacial score (nSPS) is 16.9. The number of ketones is 1. The van der Waals surface area contributed by atoms with Gasteiger partial charge in [0.05, 0.1) is 4.91 Å². The summed E-state index contributed by atoms with van der Waals surface area (Å²) in [5.41, 5.74) is 1.58. The number of carbonyl (C=O) groups is 2. The Balaban J connectivity index is 2.19. The molecule has 1 amide bonds. The van der Waals surface area contributed by atoms with E-state index in [9.17, 15) is 14.7 Å². The van der Waals surface area contributed by atoms with Crippen molar-refractivity contribution in [1.82, 2.24) is 4.90 Å².